The first-order valence-electron chi connectivity index (χ1n) is 9.70. The molecule has 0 saturated carbocycles. The third kappa shape index (κ3) is 4.04. The summed E-state index contributed by atoms with van der Waals surface area (Å²) in [5.74, 6) is 5.18. The Morgan fingerprint density at radius 2 is 1.67 bits per heavy atom. The van der Waals surface area contributed by atoms with Crippen molar-refractivity contribution in [1.29, 1.82) is 0 Å². The normalized spacial score (nSPS) is 15.9. The molecule has 3 aromatic carbocycles. The van der Waals surface area contributed by atoms with Gasteiger partial charge >= 0.3 is 0 Å². The lowest BCUT2D eigenvalue weighted by atomic mass is 9.93. The molecule has 4 N–H and O–H groups in total. The number of hydrogen-bond acceptors (Lipinski definition) is 4. The summed E-state index contributed by atoms with van der Waals surface area (Å²) in [6.45, 7) is 0.723. The van der Waals surface area contributed by atoms with Crippen LogP contribution < -0.4 is 16.5 Å². The van der Waals surface area contributed by atoms with Crippen molar-refractivity contribution in [3.05, 3.63) is 113 Å². The van der Waals surface area contributed by atoms with E-state index >= 15 is 0 Å². The molecule has 4 rings (SSSR count). The van der Waals surface area contributed by atoms with Crippen molar-refractivity contribution in [2.45, 2.75) is 12.5 Å². The molecule has 0 fully saturated rings. The number of rotatable bonds is 6. The van der Waals surface area contributed by atoms with Crippen LogP contribution in [0.4, 0.5) is 10.1 Å². The third-order valence-electron chi connectivity index (χ3n) is 5.14. The van der Waals surface area contributed by atoms with E-state index in [4.69, 9.17) is 11.6 Å². The molecule has 3 aromatic rings. The van der Waals surface area contributed by atoms with E-state index in [0.29, 0.717) is 12.2 Å². The van der Waals surface area contributed by atoms with Crippen molar-refractivity contribution in [2.75, 3.05) is 11.4 Å². The van der Waals surface area contributed by atoms with E-state index in [1.807, 2.05) is 54.6 Å². The molecule has 1 amide bonds. The predicted molar refractivity (Wildman–Crippen MR) is 115 cm³/mol. The largest absolute Gasteiger partial charge is 0.399 e. The van der Waals surface area contributed by atoms with Gasteiger partial charge in [-0.15, -0.1) is 0 Å². The number of carbonyl (C=O) groups excluding carboxylic acids is 1. The van der Waals surface area contributed by atoms with Gasteiger partial charge in [-0.3, -0.25) is 4.79 Å². The standard InChI is InChI=1S/C24H23FN4O/c25-19-12-10-18(11-13-19)23-21-8-4-5-9-22(21)29(24(23)30)16-20(26)15-28(27)14-17-6-2-1-3-7-17/h1-13,15,23H,14,16,26-27H2/b20-15-/t23-/m1/s1. The second kappa shape index (κ2) is 8.39. The molecule has 0 aliphatic carbocycles. The SMILES string of the molecule is N/C(=C\N(N)Cc1ccccc1)CN1C(=O)[C@H](c2ccc(F)cc2)c2ccccc21. The molecule has 0 spiro atoms. The van der Waals surface area contributed by atoms with E-state index in [2.05, 4.69) is 0 Å². The van der Waals surface area contributed by atoms with Gasteiger partial charge in [-0.2, -0.15) is 0 Å². The van der Waals surface area contributed by atoms with Gasteiger partial charge < -0.3 is 15.6 Å². The molecule has 1 aliphatic heterocycles. The fourth-order valence-corrected chi connectivity index (χ4v) is 3.80. The Hall–Kier alpha value is -3.64. The van der Waals surface area contributed by atoms with Crippen molar-refractivity contribution >= 4 is 11.6 Å². The van der Waals surface area contributed by atoms with E-state index in [1.54, 1.807) is 23.2 Å². The van der Waals surface area contributed by atoms with Crippen LogP contribution in [0.1, 0.15) is 22.6 Å². The Labute approximate surface area is 175 Å². The first kappa shape index (κ1) is 19.7. The number of nitrogens with two attached hydrogens (primary N) is 2. The zero-order valence-electron chi connectivity index (χ0n) is 16.4. The average molecular weight is 402 g/mol. The van der Waals surface area contributed by atoms with Gasteiger partial charge in [-0.1, -0.05) is 60.7 Å². The maximum atomic E-state index is 13.4. The number of hydrazine groups is 1. The highest BCUT2D eigenvalue weighted by molar-refractivity contribution is 6.07. The summed E-state index contributed by atoms with van der Waals surface area (Å²) < 4.78 is 13.4. The minimum Gasteiger partial charge on any atom is -0.399 e. The molecule has 1 aliphatic rings. The predicted octanol–water partition coefficient (Wildman–Crippen LogP) is 3.48. The molecule has 5 nitrogen and oxygen atoms in total. The molecule has 0 bridgehead atoms. The van der Waals surface area contributed by atoms with Crippen LogP contribution in [0.5, 0.6) is 0 Å². The van der Waals surface area contributed by atoms with Crippen LogP contribution in [0, 0.1) is 5.82 Å². The zero-order chi connectivity index (χ0) is 21.1. The molecule has 0 unspecified atom stereocenters. The molecule has 1 heterocycles. The Morgan fingerprint density at radius 3 is 2.40 bits per heavy atom. The molecule has 0 aromatic heterocycles. The summed E-state index contributed by atoms with van der Waals surface area (Å²) in [4.78, 5) is 14.9. The highest BCUT2D eigenvalue weighted by atomic mass is 19.1. The van der Waals surface area contributed by atoms with Crippen LogP contribution >= 0.6 is 0 Å². The van der Waals surface area contributed by atoms with E-state index < -0.39 is 5.92 Å². The second-order valence-electron chi connectivity index (χ2n) is 7.33. The summed E-state index contributed by atoms with van der Waals surface area (Å²) >= 11 is 0. The average Bonchev–Trinajstić information content (AvgIpc) is 3.01. The monoisotopic (exact) mass is 402 g/mol. The summed E-state index contributed by atoms with van der Waals surface area (Å²) in [5, 5.41) is 1.51. The molecule has 30 heavy (non-hydrogen) atoms. The van der Waals surface area contributed by atoms with Crippen LogP contribution in [0.2, 0.25) is 0 Å². The van der Waals surface area contributed by atoms with E-state index in [0.717, 1.165) is 22.4 Å². The van der Waals surface area contributed by atoms with Gasteiger partial charge in [0.05, 0.1) is 19.0 Å². The van der Waals surface area contributed by atoms with Crippen molar-refractivity contribution in [3.8, 4) is 0 Å². The topological polar surface area (TPSA) is 75.6 Å². The Balaban J connectivity index is 1.55. The van der Waals surface area contributed by atoms with E-state index in [1.165, 1.54) is 17.1 Å². The number of para-hydroxylation sites is 1. The van der Waals surface area contributed by atoms with Crippen LogP contribution in [-0.4, -0.2) is 17.5 Å². The third-order valence-corrected chi connectivity index (χ3v) is 5.14. The first-order valence-corrected chi connectivity index (χ1v) is 9.70. The van der Waals surface area contributed by atoms with E-state index in [9.17, 15) is 9.18 Å². The van der Waals surface area contributed by atoms with Crippen molar-refractivity contribution in [1.82, 2.24) is 5.01 Å². The van der Waals surface area contributed by atoms with Gasteiger partial charge in [-0.05, 0) is 34.9 Å². The number of halogens is 1. The highest BCUT2D eigenvalue weighted by Crippen LogP contribution is 2.41. The minimum absolute atomic E-state index is 0.0919. The number of carbonyl (C=O) groups is 1. The second-order valence-corrected chi connectivity index (χ2v) is 7.33. The lowest BCUT2D eigenvalue weighted by Crippen LogP contribution is -2.34. The van der Waals surface area contributed by atoms with Crippen molar-refractivity contribution < 1.29 is 9.18 Å². The summed E-state index contributed by atoms with van der Waals surface area (Å²) in [6.07, 6.45) is 1.65. The molecular formula is C24H23FN4O. The molecule has 6 heteroatoms. The van der Waals surface area contributed by atoms with Crippen LogP contribution in [-0.2, 0) is 11.3 Å². The molecule has 152 valence electrons. The number of nitrogens with zero attached hydrogens (tertiary/aromatic N) is 2. The summed E-state index contributed by atoms with van der Waals surface area (Å²) in [6, 6.07) is 23.5. The van der Waals surface area contributed by atoms with Gasteiger partial charge in [-0.25, -0.2) is 10.2 Å². The highest BCUT2D eigenvalue weighted by Gasteiger charge is 2.38. The fourth-order valence-electron chi connectivity index (χ4n) is 3.80. The minimum atomic E-state index is -0.479. The van der Waals surface area contributed by atoms with Crippen molar-refractivity contribution in [2.24, 2.45) is 11.6 Å². The van der Waals surface area contributed by atoms with Gasteiger partial charge in [0.2, 0.25) is 5.91 Å². The van der Waals surface area contributed by atoms with Gasteiger partial charge in [0.1, 0.15) is 5.82 Å². The first-order chi connectivity index (χ1) is 14.5. The van der Waals surface area contributed by atoms with Crippen LogP contribution in [0.25, 0.3) is 0 Å². The molecular weight excluding hydrogens is 379 g/mol. The summed E-state index contributed by atoms with van der Waals surface area (Å²) in [5.41, 5.74) is 10.2. The lowest BCUT2D eigenvalue weighted by molar-refractivity contribution is -0.118. The maximum absolute atomic E-state index is 13.4. The number of benzene rings is 3. The number of hydrogen-bond donors (Lipinski definition) is 2. The Morgan fingerprint density at radius 1 is 1.00 bits per heavy atom. The van der Waals surface area contributed by atoms with Gasteiger partial charge in [0.15, 0.2) is 0 Å². The fraction of sp³-hybridized carbons (Fsp3) is 0.125. The maximum Gasteiger partial charge on any atom is 0.239 e. The zero-order valence-corrected chi connectivity index (χ0v) is 16.4. The van der Waals surface area contributed by atoms with Crippen molar-refractivity contribution in [3.63, 3.8) is 0 Å². The van der Waals surface area contributed by atoms with Gasteiger partial charge in [0, 0.05) is 17.6 Å². The van der Waals surface area contributed by atoms with Crippen LogP contribution in [0.3, 0.4) is 0 Å². The number of amides is 1. The molecule has 1 atom stereocenters. The number of fused-ring (bicyclic) bond motifs is 1. The Bertz CT molecular complexity index is 1070. The number of anilines is 1. The molecule has 0 radical (unpaired) electrons. The quantitative estimate of drug-likeness (QED) is 0.489. The smallest absolute Gasteiger partial charge is 0.239 e. The summed E-state index contributed by atoms with van der Waals surface area (Å²) in [7, 11) is 0. The lowest BCUT2D eigenvalue weighted by Gasteiger charge is -2.20. The Kier molecular flexibility index (Phi) is 5.50. The molecule has 0 saturated heterocycles. The van der Waals surface area contributed by atoms with E-state index in [-0.39, 0.29) is 18.3 Å². The van der Waals surface area contributed by atoms with Gasteiger partial charge in [0.25, 0.3) is 0 Å². The van der Waals surface area contributed by atoms with Crippen LogP contribution in [0.15, 0.2) is 90.8 Å².